The van der Waals surface area contributed by atoms with Crippen LogP contribution in [0.3, 0.4) is 0 Å². The number of hydrogen-bond acceptors (Lipinski definition) is 4. The Bertz CT molecular complexity index is 638. The van der Waals surface area contributed by atoms with Crippen molar-refractivity contribution in [3.63, 3.8) is 0 Å². The average molecular weight is 545 g/mol. The van der Waals surface area contributed by atoms with Crippen molar-refractivity contribution in [3.05, 3.63) is 0 Å². The summed E-state index contributed by atoms with van der Waals surface area (Å²) in [7, 11) is 0. The first kappa shape index (κ1) is 23.4. The van der Waals surface area contributed by atoms with Crippen LogP contribution in [0.15, 0.2) is 0 Å². The van der Waals surface area contributed by atoms with Crippen LogP contribution >= 0.6 is 20.1 Å². The smallest absolute Gasteiger partial charge is 0.167 e. The molecule has 0 spiro atoms. The molecule has 3 rings (SSSR count). The van der Waals surface area contributed by atoms with Crippen molar-refractivity contribution in [1.82, 2.24) is 3.53 Å². The van der Waals surface area contributed by atoms with Crippen molar-refractivity contribution in [2.24, 2.45) is 29.1 Å². The van der Waals surface area contributed by atoms with Crippen molar-refractivity contribution in [2.75, 3.05) is 11.5 Å². The molecule has 2 N–H and O–H groups in total. The minimum Gasteiger partial charge on any atom is -0.167 e. The van der Waals surface area contributed by atoms with Gasteiger partial charge in [0.2, 0.25) is 0 Å². The molecule has 1 heterocycles. The molecule has 4 nitrogen and oxygen atoms in total. The zero-order chi connectivity index (χ0) is 22.0. The summed E-state index contributed by atoms with van der Waals surface area (Å²) in [6, 6.07) is 0. The second kappa shape index (κ2) is 7.39. The summed E-state index contributed by atoms with van der Waals surface area (Å²) in [6.45, 7) is 3.78. The molecule has 0 aromatic heterocycles. The van der Waals surface area contributed by atoms with Crippen molar-refractivity contribution in [2.45, 2.75) is 61.5 Å². The van der Waals surface area contributed by atoms with Gasteiger partial charge in [-0.3, -0.25) is 0 Å². The molecule has 3 unspecified atom stereocenters. The third-order valence-electron chi connectivity index (χ3n) is 6.78. The third kappa shape index (κ3) is 4.24. The number of alkyl halides is 8. The fourth-order valence-electron chi connectivity index (χ4n) is 4.88. The van der Waals surface area contributed by atoms with Gasteiger partial charge < -0.3 is 0 Å². The van der Waals surface area contributed by atoms with Gasteiger partial charge in [-0.25, -0.2) is 0 Å². The van der Waals surface area contributed by atoms with Gasteiger partial charge in [-0.15, -0.1) is 0 Å². The number of rotatable bonds is 6. The van der Waals surface area contributed by atoms with E-state index in [4.69, 9.17) is 4.74 Å². The van der Waals surface area contributed by atoms with Gasteiger partial charge in [-0.2, -0.15) is 26.3 Å². The molecule has 0 radical (unpaired) electrons. The maximum atomic E-state index is 13.0. The van der Waals surface area contributed by atoms with Crippen molar-refractivity contribution in [1.29, 1.82) is 0 Å². The second-order valence-corrected chi connectivity index (χ2v) is 13.9. The van der Waals surface area contributed by atoms with Gasteiger partial charge in [0.15, 0.2) is 0 Å². The molecule has 11 heteroatoms. The van der Waals surface area contributed by atoms with Gasteiger partial charge in [0, 0.05) is 0 Å². The Kier molecular flexibility index (Phi) is 5.95. The number of carbonyl (C=O) groups is 1. The van der Waals surface area contributed by atoms with E-state index in [9.17, 15) is 36.2 Å². The number of nitrogens with one attached hydrogen (secondary N) is 1. The van der Waals surface area contributed by atoms with E-state index in [-0.39, 0.29) is 40.8 Å². The predicted octanol–water partition coefficient (Wildman–Crippen LogP) is 4.44. The summed E-state index contributed by atoms with van der Waals surface area (Å²) in [4.78, 5) is 14.5. The summed E-state index contributed by atoms with van der Waals surface area (Å²) in [5.41, 5.74) is -5.31. The van der Waals surface area contributed by atoms with Gasteiger partial charge in [-0.05, 0) is 0 Å². The number of halogens is 7. The molecule has 2 aliphatic carbocycles. The molecule has 2 saturated carbocycles. The van der Waals surface area contributed by atoms with Crippen LogP contribution in [0.4, 0.5) is 26.3 Å². The molecule has 2 bridgehead atoms. The van der Waals surface area contributed by atoms with E-state index in [0.29, 0.717) is 12.8 Å². The van der Waals surface area contributed by atoms with Crippen LogP contribution in [0.1, 0.15) is 39.5 Å². The molecule has 0 aromatic rings. The zero-order valence-corrected chi connectivity index (χ0v) is 18.5. The van der Waals surface area contributed by atoms with Crippen LogP contribution in [0.5, 0.6) is 0 Å². The minimum absolute atomic E-state index is 0.0516. The zero-order valence-electron chi connectivity index (χ0n) is 16.3. The van der Waals surface area contributed by atoms with Crippen LogP contribution in [-0.4, -0.2) is 44.6 Å². The topological polar surface area (TPSA) is 68.5 Å². The second-order valence-electron chi connectivity index (χ2n) is 9.12. The van der Waals surface area contributed by atoms with Gasteiger partial charge in [0.05, 0.1) is 0 Å². The summed E-state index contributed by atoms with van der Waals surface area (Å²) in [6.07, 6.45) is -11.8. The van der Waals surface area contributed by atoms with E-state index in [1.807, 2.05) is 13.8 Å². The first-order chi connectivity index (χ1) is 13.1. The van der Waals surface area contributed by atoms with Crippen LogP contribution in [0.25, 0.3) is 0 Å². The normalized spacial score (nSPS) is 33.9. The molecule has 5 atom stereocenters. The number of carbonyl (C=O) groups excluding carboxylic acids is 1. The average Bonchev–Trinajstić information content (AvgIpc) is 3.02. The Morgan fingerprint density at radius 3 is 1.93 bits per heavy atom. The molecule has 29 heavy (non-hydrogen) atoms. The van der Waals surface area contributed by atoms with E-state index < -0.39 is 55.8 Å². The molecular weight excluding hydrogens is 519 g/mol. The molecule has 3 aliphatic rings. The van der Waals surface area contributed by atoms with Crippen molar-refractivity contribution >= 4 is 26.1 Å². The predicted molar refractivity (Wildman–Crippen MR) is 101 cm³/mol. The van der Waals surface area contributed by atoms with Gasteiger partial charge >= 0.3 is 146 Å². The summed E-state index contributed by atoms with van der Waals surface area (Å²) in [5, 5.41) is 9.46. The summed E-state index contributed by atoms with van der Waals surface area (Å²) in [5.74, 6) is -1.63. The van der Waals surface area contributed by atoms with Crippen molar-refractivity contribution in [3.8, 4) is 0 Å². The first-order valence-corrected chi connectivity index (χ1v) is 13.9. The Balaban J connectivity index is 1.55. The number of hydrogen-bond donors (Lipinski definition) is 2. The molecule has 1 aliphatic heterocycles. The SMILES string of the molecule is CI1N[C@@H]1C(C)(C)C(=O)OCC1C[C@H]2CC1CC2CC(O)(C(F)(F)F)C(F)(F)F. The van der Waals surface area contributed by atoms with E-state index in [2.05, 4.69) is 8.46 Å². The van der Waals surface area contributed by atoms with Crippen LogP contribution in [-0.2, 0) is 9.53 Å². The Morgan fingerprint density at radius 1 is 1.03 bits per heavy atom. The van der Waals surface area contributed by atoms with E-state index in [1.54, 1.807) is 0 Å². The molecule has 0 amide bonds. The molecule has 0 aromatic carbocycles. The Morgan fingerprint density at radius 2 is 1.52 bits per heavy atom. The van der Waals surface area contributed by atoms with Gasteiger partial charge in [-0.1, -0.05) is 0 Å². The summed E-state index contributed by atoms with van der Waals surface area (Å²) >= 11 is -1.23. The molecule has 3 fully saturated rings. The van der Waals surface area contributed by atoms with E-state index in [1.165, 1.54) is 0 Å². The van der Waals surface area contributed by atoms with E-state index >= 15 is 0 Å². The van der Waals surface area contributed by atoms with Crippen LogP contribution < -0.4 is 3.53 Å². The van der Waals surface area contributed by atoms with Gasteiger partial charge in [0.25, 0.3) is 0 Å². The molecule has 1 saturated heterocycles. The van der Waals surface area contributed by atoms with Crippen molar-refractivity contribution < 1.29 is 41.0 Å². The molecular formula is C18H26F6INO3. The minimum atomic E-state index is -5.77. The standard InChI is InChI=1S/C18H26F6INO3/c1-15(2,13-25(3)26-13)14(27)29-8-12-6-9-4-10(12)5-11(9)7-16(28,17(19,20)21)18(22,23)24/h9-13,26,28H,4-8H2,1-3H3/t9-,10?,11?,12?,13-/m1/s1. The van der Waals surface area contributed by atoms with Crippen LogP contribution in [0.2, 0.25) is 0 Å². The number of fused-ring (bicyclic) bond motifs is 2. The number of aliphatic hydroxyl groups is 1. The summed E-state index contributed by atoms with van der Waals surface area (Å²) < 4.78 is 86.7. The Hall–Kier alpha value is -0.300. The number of esters is 1. The monoisotopic (exact) mass is 545 g/mol. The fraction of sp³-hybridized carbons (Fsp3) is 0.944. The third-order valence-corrected chi connectivity index (χ3v) is 11.5. The fourth-order valence-corrected chi connectivity index (χ4v) is 10.6. The first-order valence-electron chi connectivity index (χ1n) is 9.45. The molecule has 170 valence electrons. The number of ether oxygens (including phenoxy) is 1. The Labute approximate surface area is 172 Å². The quantitative estimate of drug-likeness (QED) is 0.0986. The maximum absolute atomic E-state index is 13.0. The van der Waals surface area contributed by atoms with Gasteiger partial charge in [0.1, 0.15) is 0 Å². The van der Waals surface area contributed by atoms with E-state index in [0.717, 1.165) is 0 Å². The van der Waals surface area contributed by atoms with Crippen LogP contribution in [0, 0.1) is 29.1 Å².